The van der Waals surface area contributed by atoms with Gasteiger partial charge in [0.2, 0.25) is 0 Å². The number of rotatable bonds is 3. The average molecular weight is 352 g/mol. The summed E-state index contributed by atoms with van der Waals surface area (Å²) in [5.74, 6) is -3.24. The number of carboxylic acids is 1. The van der Waals surface area contributed by atoms with Crippen molar-refractivity contribution in [3.05, 3.63) is 22.8 Å². The molecule has 1 aromatic carbocycles. The molecule has 0 radical (unpaired) electrons. The molecule has 0 aromatic heterocycles. The molecule has 0 bridgehead atoms. The third kappa shape index (κ3) is 5.10. The van der Waals surface area contributed by atoms with Crippen LogP contribution >= 0.6 is 0 Å². The standard InChI is InChI=1S/C17H24N2O6/c1-16(2,3)24-14(22)10-8(13(20)21)7-9(18)11(12(10)19)15(23)25-17(4,5)6/h7H,18-19H2,1-6H3,(H,20,21). The number of nitrogens with two attached hydrogens (primary N) is 2. The fraction of sp³-hybridized carbons (Fsp3) is 0.471. The first-order chi connectivity index (χ1) is 11.1. The maximum absolute atomic E-state index is 12.4. The van der Waals surface area contributed by atoms with Crippen LogP contribution in [0.2, 0.25) is 0 Å². The van der Waals surface area contributed by atoms with E-state index in [1.54, 1.807) is 41.5 Å². The van der Waals surface area contributed by atoms with Crippen molar-refractivity contribution >= 4 is 29.3 Å². The van der Waals surface area contributed by atoms with E-state index in [0.29, 0.717) is 0 Å². The second-order valence-corrected chi connectivity index (χ2v) is 7.49. The van der Waals surface area contributed by atoms with Crippen LogP contribution in [0.4, 0.5) is 11.4 Å². The normalized spacial score (nSPS) is 11.8. The Labute approximate surface area is 146 Å². The molecule has 0 saturated heterocycles. The van der Waals surface area contributed by atoms with Gasteiger partial charge in [-0.3, -0.25) is 0 Å². The molecule has 0 aliphatic carbocycles. The van der Waals surface area contributed by atoms with Gasteiger partial charge < -0.3 is 26.0 Å². The molecule has 0 amide bonds. The monoisotopic (exact) mass is 352 g/mol. The number of ether oxygens (including phenoxy) is 2. The SMILES string of the molecule is CC(C)(C)OC(=O)c1c(N)cc(C(=O)O)c(C(=O)OC(C)(C)C)c1N. The lowest BCUT2D eigenvalue weighted by Crippen LogP contribution is -2.28. The van der Waals surface area contributed by atoms with Crippen LogP contribution in [-0.2, 0) is 9.47 Å². The number of carboxylic acid groups (broad SMARTS) is 1. The average Bonchev–Trinajstić information content (AvgIpc) is 2.32. The quantitative estimate of drug-likeness (QED) is 0.556. The number of nitrogen functional groups attached to an aromatic ring is 2. The molecule has 0 aliphatic heterocycles. The lowest BCUT2D eigenvalue weighted by atomic mass is 9.98. The van der Waals surface area contributed by atoms with Crippen LogP contribution in [0, 0.1) is 0 Å². The van der Waals surface area contributed by atoms with Crippen molar-refractivity contribution in [2.75, 3.05) is 11.5 Å². The zero-order valence-corrected chi connectivity index (χ0v) is 15.2. The van der Waals surface area contributed by atoms with Gasteiger partial charge in [0.05, 0.1) is 16.8 Å². The van der Waals surface area contributed by atoms with Crippen molar-refractivity contribution in [3.63, 3.8) is 0 Å². The molecular formula is C17H24N2O6. The van der Waals surface area contributed by atoms with E-state index in [9.17, 15) is 19.5 Å². The van der Waals surface area contributed by atoms with Crippen molar-refractivity contribution in [1.82, 2.24) is 0 Å². The molecule has 5 N–H and O–H groups in total. The van der Waals surface area contributed by atoms with Crippen LogP contribution in [0.5, 0.6) is 0 Å². The Morgan fingerprint density at radius 1 is 0.880 bits per heavy atom. The predicted octanol–water partition coefficient (Wildman–Crippen LogP) is 2.46. The highest BCUT2D eigenvalue weighted by Gasteiger charge is 2.31. The highest BCUT2D eigenvalue weighted by atomic mass is 16.6. The first-order valence-electron chi connectivity index (χ1n) is 7.56. The van der Waals surface area contributed by atoms with Crippen LogP contribution in [0.25, 0.3) is 0 Å². The van der Waals surface area contributed by atoms with Crippen LogP contribution in [0.15, 0.2) is 6.07 Å². The minimum absolute atomic E-state index is 0.198. The summed E-state index contributed by atoms with van der Waals surface area (Å²) < 4.78 is 10.4. The summed E-state index contributed by atoms with van der Waals surface area (Å²) in [6, 6.07) is 0.997. The van der Waals surface area contributed by atoms with Gasteiger partial charge in [0.15, 0.2) is 0 Å². The van der Waals surface area contributed by atoms with Gasteiger partial charge in [0.1, 0.15) is 16.8 Å². The summed E-state index contributed by atoms with van der Waals surface area (Å²) in [6.45, 7) is 9.81. The topological polar surface area (TPSA) is 142 Å². The molecule has 0 spiro atoms. The molecule has 0 atom stereocenters. The van der Waals surface area contributed by atoms with Crippen molar-refractivity contribution < 1.29 is 29.0 Å². The summed E-state index contributed by atoms with van der Waals surface area (Å²) in [4.78, 5) is 36.3. The van der Waals surface area contributed by atoms with Crippen LogP contribution < -0.4 is 11.5 Å². The van der Waals surface area contributed by atoms with Crippen LogP contribution in [-0.4, -0.2) is 34.2 Å². The smallest absolute Gasteiger partial charge is 0.342 e. The fourth-order valence-electron chi connectivity index (χ4n) is 2.00. The summed E-state index contributed by atoms with van der Waals surface area (Å²) in [7, 11) is 0. The van der Waals surface area contributed by atoms with E-state index < -0.39 is 40.2 Å². The minimum atomic E-state index is -1.42. The predicted molar refractivity (Wildman–Crippen MR) is 92.6 cm³/mol. The second kappa shape index (κ2) is 6.62. The van der Waals surface area contributed by atoms with E-state index in [1.807, 2.05) is 0 Å². The van der Waals surface area contributed by atoms with Crippen LogP contribution in [0.3, 0.4) is 0 Å². The molecule has 0 saturated carbocycles. The van der Waals surface area contributed by atoms with Crippen LogP contribution in [0.1, 0.15) is 72.6 Å². The van der Waals surface area contributed by atoms with Gasteiger partial charge in [0.25, 0.3) is 0 Å². The van der Waals surface area contributed by atoms with Crippen molar-refractivity contribution in [2.45, 2.75) is 52.7 Å². The van der Waals surface area contributed by atoms with E-state index in [0.717, 1.165) is 6.07 Å². The number of carbonyl (C=O) groups is 3. The molecule has 25 heavy (non-hydrogen) atoms. The third-order valence-corrected chi connectivity index (χ3v) is 2.83. The molecule has 0 fully saturated rings. The molecule has 8 heteroatoms. The minimum Gasteiger partial charge on any atom is -0.478 e. The first kappa shape index (κ1) is 20.3. The second-order valence-electron chi connectivity index (χ2n) is 7.49. The summed E-state index contributed by atoms with van der Waals surface area (Å²) >= 11 is 0. The molecule has 1 rings (SSSR count). The Bertz CT molecular complexity index is 726. The Hall–Kier alpha value is -2.77. The molecular weight excluding hydrogens is 328 g/mol. The molecule has 138 valence electrons. The van der Waals surface area contributed by atoms with E-state index in [-0.39, 0.29) is 16.9 Å². The summed E-state index contributed by atoms with van der Waals surface area (Å²) in [5.41, 5.74) is 8.26. The molecule has 0 heterocycles. The summed E-state index contributed by atoms with van der Waals surface area (Å²) in [5, 5.41) is 9.34. The molecule has 8 nitrogen and oxygen atoms in total. The van der Waals surface area contributed by atoms with Gasteiger partial charge in [0, 0.05) is 5.69 Å². The number of anilines is 2. The number of esters is 2. The third-order valence-electron chi connectivity index (χ3n) is 2.83. The number of benzene rings is 1. The van der Waals surface area contributed by atoms with Gasteiger partial charge >= 0.3 is 17.9 Å². The van der Waals surface area contributed by atoms with Gasteiger partial charge in [-0.15, -0.1) is 0 Å². The first-order valence-corrected chi connectivity index (χ1v) is 7.56. The van der Waals surface area contributed by atoms with Gasteiger partial charge in [-0.1, -0.05) is 0 Å². The molecule has 1 aromatic rings. The van der Waals surface area contributed by atoms with Gasteiger partial charge in [-0.25, -0.2) is 14.4 Å². The Balaban J connectivity index is 3.59. The van der Waals surface area contributed by atoms with Gasteiger partial charge in [-0.2, -0.15) is 0 Å². The van der Waals surface area contributed by atoms with E-state index in [1.165, 1.54) is 0 Å². The molecule has 0 unspecified atom stereocenters. The lowest BCUT2D eigenvalue weighted by Gasteiger charge is -2.23. The van der Waals surface area contributed by atoms with Crippen molar-refractivity contribution in [3.8, 4) is 0 Å². The highest BCUT2D eigenvalue weighted by molar-refractivity contribution is 6.13. The number of hydrogen-bond acceptors (Lipinski definition) is 7. The van der Waals surface area contributed by atoms with Crippen molar-refractivity contribution in [1.29, 1.82) is 0 Å². The van der Waals surface area contributed by atoms with Crippen molar-refractivity contribution in [2.24, 2.45) is 0 Å². The van der Waals surface area contributed by atoms with E-state index in [2.05, 4.69) is 0 Å². The highest BCUT2D eigenvalue weighted by Crippen LogP contribution is 2.31. The summed E-state index contributed by atoms with van der Waals surface area (Å²) in [6.07, 6.45) is 0. The number of hydrogen-bond donors (Lipinski definition) is 3. The lowest BCUT2D eigenvalue weighted by molar-refractivity contribution is 0.00663. The Kier molecular flexibility index (Phi) is 5.37. The maximum atomic E-state index is 12.4. The van der Waals surface area contributed by atoms with Gasteiger partial charge in [-0.05, 0) is 47.6 Å². The Morgan fingerprint density at radius 3 is 1.64 bits per heavy atom. The Morgan fingerprint density at radius 2 is 1.28 bits per heavy atom. The molecule has 0 aliphatic rings. The fourth-order valence-corrected chi connectivity index (χ4v) is 2.00. The zero-order chi connectivity index (χ0) is 19.7. The van der Waals surface area contributed by atoms with E-state index >= 15 is 0 Å². The zero-order valence-electron chi connectivity index (χ0n) is 15.2. The number of carbonyl (C=O) groups excluding carboxylic acids is 2. The largest absolute Gasteiger partial charge is 0.478 e. The van der Waals surface area contributed by atoms with E-state index in [4.69, 9.17) is 20.9 Å². The maximum Gasteiger partial charge on any atom is 0.342 e. The number of aromatic carboxylic acids is 1.